The summed E-state index contributed by atoms with van der Waals surface area (Å²) in [6, 6.07) is 86.4. The summed E-state index contributed by atoms with van der Waals surface area (Å²) in [6.45, 7) is 0. The number of para-hydroxylation sites is 1. The van der Waals surface area contributed by atoms with E-state index in [1.807, 2.05) is 60.7 Å². The van der Waals surface area contributed by atoms with Crippen LogP contribution in [0.25, 0.3) is 95.0 Å². The molecule has 1 aliphatic heterocycles. The third-order valence-corrected chi connectivity index (χ3v) is 14.1. The van der Waals surface area contributed by atoms with E-state index >= 15 is 0 Å². The maximum atomic E-state index is 7.01. The minimum Gasteiger partial charge on any atom is -0.457 e. The van der Waals surface area contributed by atoms with E-state index in [2.05, 4.69) is 187 Å². The van der Waals surface area contributed by atoms with Gasteiger partial charge in [-0.2, -0.15) is 0 Å². The molecular weight excluding hydrogens is 841 g/mol. The summed E-state index contributed by atoms with van der Waals surface area (Å²) in [4.78, 5) is 15.2. The highest BCUT2D eigenvalue weighted by atomic mass is 16.5. The van der Waals surface area contributed by atoms with Gasteiger partial charge in [0, 0.05) is 44.3 Å². The third kappa shape index (κ3) is 6.07. The molecule has 0 amide bonds. The molecule has 0 unspecified atom stereocenters. The fourth-order valence-electron chi connectivity index (χ4n) is 11.0. The number of hydrogen-bond donors (Lipinski definition) is 0. The number of nitrogens with zero attached hydrogens (tertiary/aromatic N) is 4. The molecule has 2 aliphatic rings. The average molecular weight is 881 g/mol. The molecule has 0 saturated heterocycles. The zero-order valence-electron chi connectivity index (χ0n) is 37.3. The lowest BCUT2D eigenvalue weighted by atomic mass is 9.65. The van der Waals surface area contributed by atoms with E-state index < -0.39 is 5.41 Å². The predicted octanol–water partition coefficient (Wildman–Crippen LogP) is 15.8. The molecule has 0 bridgehead atoms. The van der Waals surface area contributed by atoms with Gasteiger partial charge in [-0.1, -0.05) is 188 Å². The summed E-state index contributed by atoms with van der Waals surface area (Å²) in [5, 5.41) is 2.37. The molecular formula is C64H40N4O. The Hall–Kier alpha value is -9.19. The van der Waals surface area contributed by atoms with Crippen LogP contribution in [0, 0.1) is 0 Å². The van der Waals surface area contributed by atoms with Crippen molar-refractivity contribution in [1.82, 2.24) is 19.5 Å². The van der Waals surface area contributed by atoms with Crippen molar-refractivity contribution < 1.29 is 4.74 Å². The predicted molar refractivity (Wildman–Crippen MR) is 279 cm³/mol. The van der Waals surface area contributed by atoms with Crippen molar-refractivity contribution in [2.75, 3.05) is 0 Å². The Morgan fingerprint density at radius 1 is 0.304 bits per heavy atom. The van der Waals surface area contributed by atoms with E-state index in [9.17, 15) is 0 Å². The van der Waals surface area contributed by atoms with Crippen LogP contribution in [0.5, 0.6) is 11.5 Å². The van der Waals surface area contributed by atoms with Crippen molar-refractivity contribution in [1.29, 1.82) is 0 Å². The van der Waals surface area contributed by atoms with Crippen LogP contribution in [0.1, 0.15) is 22.3 Å². The number of benzene rings is 10. The number of fused-ring (bicyclic) bond motifs is 12. The number of aromatic nitrogens is 4. The summed E-state index contributed by atoms with van der Waals surface area (Å²) in [7, 11) is 0. The van der Waals surface area contributed by atoms with Gasteiger partial charge in [0.15, 0.2) is 17.5 Å². The number of hydrogen-bond acceptors (Lipinski definition) is 4. The molecule has 10 aromatic carbocycles. The van der Waals surface area contributed by atoms with E-state index in [4.69, 9.17) is 19.7 Å². The van der Waals surface area contributed by atoms with E-state index in [-0.39, 0.29) is 0 Å². The van der Waals surface area contributed by atoms with Crippen molar-refractivity contribution in [3.05, 3.63) is 265 Å². The summed E-state index contributed by atoms with van der Waals surface area (Å²) in [5.74, 6) is 3.58. The first kappa shape index (κ1) is 39.0. The molecule has 1 spiro atoms. The van der Waals surface area contributed by atoms with E-state index in [1.54, 1.807) is 0 Å². The Balaban J connectivity index is 1.04. The van der Waals surface area contributed by atoms with Crippen LogP contribution in [0.3, 0.4) is 0 Å². The van der Waals surface area contributed by atoms with Gasteiger partial charge in [0.1, 0.15) is 11.5 Å². The molecule has 0 N–H and O–H groups in total. The molecule has 0 fully saturated rings. The van der Waals surface area contributed by atoms with Crippen LogP contribution in [0.2, 0.25) is 0 Å². The van der Waals surface area contributed by atoms with Crippen LogP contribution in [0.4, 0.5) is 0 Å². The Morgan fingerprint density at radius 3 is 1.42 bits per heavy atom. The molecule has 2 aromatic heterocycles. The fraction of sp³-hybridized carbons (Fsp3) is 0.0156. The van der Waals surface area contributed by atoms with Crippen LogP contribution in [-0.2, 0) is 5.41 Å². The molecule has 0 atom stereocenters. The first-order valence-corrected chi connectivity index (χ1v) is 23.4. The molecule has 0 saturated carbocycles. The van der Waals surface area contributed by atoms with Gasteiger partial charge >= 0.3 is 0 Å². The second-order valence-corrected chi connectivity index (χ2v) is 17.9. The van der Waals surface area contributed by atoms with Crippen molar-refractivity contribution in [2.45, 2.75) is 5.41 Å². The topological polar surface area (TPSA) is 52.8 Å². The first-order chi connectivity index (χ1) is 34.2. The second kappa shape index (κ2) is 15.4. The van der Waals surface area contributed by atoms with Crippen LogP contribution in [0.15, 0.2) is 243 Å². The Kier molecular flexibility index (Phi) is 8.73. The highest BCUT2D eigenvalue weighted by Gasteiger charge is 2.52. The zero-order valence-corrected chi connectivity index (χ0v) is 37.3. The Morgan fingerprint density at radius 2 is 0.812 bits per heavy atom. The van der Waals surface area contributed by atoms with Crippen molar-refractivity contribution in [3.63, 3.8) is 0 Å². The quantitative estimate of drug-likeness (QED) is 0.167. The molecule has 5 heteroatoms. The van der Waals surface area contributed by atoms with E-state index in [1.165, 1.54) is 33.0 Å². The molecule has 1 aliphatic carbocycles. The molecule has 14 rings (SSSR count). The average Bonchev–Trinajstić information content (AvgIpc) is 3.90. The van der Waals surface area contributed by atoms with E-state index in [0.717, 1.165) is 78.3 Å². The van der Waals surface area contributed by atoms with E-state index in [0.29, 0.717) is 17.5 Å². The summed E-state index contributed by atoms with van der Waals surface area (Å²) in [6.07, 6.45) is 0. The smallest absolute Gasteiger partial charge is 0.164 e. The van der Waals surface area contributed by atoms with Crippen molar-refractivity contribution in [3.8, 4) is 84.7 Å². The monoisotopic (exact) mass is 880 g/mol. The van der Waals surface area contributed by atoms with Gasteiger partial charge in [-0.3, -0.25) is 0 Å². The summed E-state index contributed by atoms with van der Waals surface area (Å²) < 4.78 is 9.43. The number of rotatable bonds is 6. The lowest BCUT2D eigenvalue weighted by Gasteiger charge is -2.40. The van der Waals surface area contributed by atoms with Gasteiger partial charge in [-0.25, -0.2) is 15.0 Å². The molecule has 322 valence electrons. The molecule has 3 heterocycles. The lowest BCUT2D eigenvalue weighted by molar-refractivity contribution is 0.436. The highest BCUT2D eigenvalue weighted by Crippen LogP contribution is 2.63. The highest BCUT2D eigenvalue weighted by molar-refractivity contribution is 6.12. The minimum atomic E-state index is -0.728. The lowest BCUT2D eigenvalue weighted by Crippen LogP contribution is -2.32. The largest absolute Gasteiger partial charge is 0.457 e. The maximum absolute atomic E-state index is 7.01. The Labute approximate surface area is 399 Å². The Bertz CT molecular complexity index is 3830. The minimum absolute atomic E-state index is 0.611. The van der Waals surface area contributed by atoms with Crippen LogP contribution >= 0.6 is 0 Å². The molecule has 12 aromatic rings. The van der Waals surface area contributed by atoms with Crippen molar-refractivity contribution in [2.24, 2.45) is 0 Å². The first-order valence-electron chi connectivity index (χ1n) is 23.4. The van der Waals surface area contributed by atoms with Gasteiger partial charge in [-0.05, 0) is 99.1 Å². The van der Waals surface area contributed by atoms with Crippen LogP contribution < -0.4 is 4.74 Å². The SMILES string of the molecule is c1ccc(-c2ccc3c(c2)C2(c4cc(-c5ccccc5)ccc4O3)c3ccccc3-c3cc4c5ccccc5n(-c5cccc(-c6nc(-c7ccccc7)nc(-c7ccccc7)n6)c5)c4cc32)cc1. The van der Waals surface area contributed by atoms with Gasteiger partial charge in [0.2, 0.25) is 0 Å². The fourth-order valence-corrected chi connectivity index (χ4v) is 11.0. The third-order valence-electron chi connectivity index (χ3n) is 14.1. The van der Waals surface area contributed by atoms with Gasteiger partial charge in [0.25, 0.3) is 0 Å². The zero-order chi connectivity index (χ0) is 45.5. The van der Waals surface area contributed by atoms with Gasteiger partial charge in [0.05, 0.1) is 16.4 Å². The maximum Gasteiger partial charge on any atom is 0.164 e. The van der Waals surface area contributed by atoms with Gasteiger partial charge < -0.3 is 9.30 Å². The second-order valence-electron chi connectivity index (χ2n) is 17.9. The van der Waals surface area contributed by atoms with Crippen LogP contribution in [-0.4, -0.2) is 19.5 Å². The van der Waals surface area contributed by atoms with Crippen molar-refractivity contribution >= 4 is 21.8 Å². The summed E-state index contributed by atoms with van der Waals surface area (Å²) >= 11 is 0. The number of ether oxygens (including phenoxy) is 1. The molecule has 69 heavy (non-hydrogen) atoms. The summed E-state index contributed by atoms with van der Waals surface area (Å²) in [5.41, 5.74) is 17.0. The van der Waals surface area contributed by atoms with Gasteiger partial charge in [-0.15, -0.1) is 0 Å². The normalized spacial score (nSPS) is 12.9. The molecule has 0 radical (unpaired) electrons. The molecule has 5 nitrogen and oxygen atoms in total. The standard InChI is InChI=1S/C64H40N4O/c1-5-18-41(19-6-1)45-32-34-59-55(37-45)64(56-38-46(33-35-60(56)69-59)42-20-7-2-8-21-42)53-30-15-13-28-49(53)51-39-52-50-29-14-16-31-57(50)68(58(52)40-54(51)64)48-27-17-26-47(36-48)63-66-61(43-22-9-3-10-23-43)65-62(67-63)44-24-11-4-12-25-44/h1-40H.